The molecule has 0 saturated carbocycles. The maximum absolute atomic E-state index is 12.2. The number of hydrogen-bond donors (Lipinski definition) is 1. The zero-order valence-electron chi connectivity index (χ0n) is 15.9. The van der Waals surface area contributed by atoms with Crippen LogP contribution in [0, 0.1) is 13.8 Å². The Bertz CT molecular complexity index is 1260. The number of ether oxygens (including phenoxy) is 1. The van der Waals surface area contributed by atoms with Gasteiger partial charge >= 0.3 is 5.97 Å². The minimum Gasteiger partial charge on any atom is -0.464 e. The first-order valence-electron chi connectivity index (χ1n) is 8.62. The van der Waals surface area contributed by atoms with Crippen LogP contribution in [-0.4, -0.2) is 32.8 Å². The molecule has 0 fully saturated rings. The fraction of sp³-hybridized carbons (Fsp3) is 0.200. The van der Waals surface area contributed by atoms with Crippen LogP contribution in [0.4, 0.5) is 0 Å². The Hall–Kier alpha value is -3.68. The van der Waals surface area contributed by atoms with E-state index < -0.39 is 5.97 Å². The predicted molar refractivity (Wildman–Crippen MR) is 103 cm³/mol. The topological polar surface area (TPSA) is 103 Å². The quantitative estimate of drug-likeness (QED) is 0.550. The largest absolute Gasteiger partial charge is 0.464 e. The van der Waals surface area contributed by atoms with Crippen molar-refractivity contribution in [3.63, 3.8) is 0 Å². The van der Waals surface area contributed by atoms with Crippen molar-refractivity contribution in [2.75, 3.05) is 7.11 Å². The third kappa shape index (κ3) is 2.79. The summed E-state index contributed by atoms with van der Waals surface area (Å²) in [5, 5.41) is 0. The molecule has 0 saturated heterocycles. The van der Waals surface area contributed by atoms with Crippen LogP contribution in [0.3, 0.4) is 0 Å². The maximum atomic E-state index is 12.2. The number of benzene rings is 1. The van der Waals surface area contributed by atoms with E-state index in [1.54, 1.807) is 20.9 Å². The second-order valence-corrected chi connectivity index (χ2v) is 6.46. The van der Waals surface area contributed by atoms with E-state index in [0.29, 0.717) is 28.2 Å². The van der Waals surface area contributed by atoms with Crippen molar-refractivity contribution in [1.82, 2.24) is 19.7 Å². The summed E-state index contributed by atoms with van der Waals surface area (Å²) in [7, 11) is 2.90. The second-order valence-electron chi connectivity index (χ2n) is 6.46. The van der Waals surface area contributed by atoms with E-state index in [9.17, 15) is 9.59 Å². The van der Waals surface area contributed by atoms with Crippen molar-refractivity contribution in [3.8, 4) is 22.4 Å². The van der Waals surface area contributed by atoms with Gasteiger partial charge in [0.1, 0.15) is 11.6 Å². The number of fused-ring (bicyclic) bond motifs is 1. The third-order valence-electron chi connectivity index (χ3n) is 4.58. The van der Waals surface area contributed by atoms with Crippen LogP contribution in [0.2, 0.25) is 0 Å². The lowest BCUT2D eigenvalue weighted by Crippen LogP contribution is -2.11. The molecule has 0 bridgehead atoms. The summed E-state index contributed by atoms with van der Waals surface area (Å²) in [6.45, 7) is 3.48. The first-order valence-corrected chi connectivity index (χ1v) is 8.62. The van der Waals surface area contributed by atoms with Gasteiger partial charge in [0.05, 0.1) is 23.7 Å². The van der Waals surface area contributed by atoms with Gasteiger partial charge in [0.15, 0.2) is 5.69 Å². The fourth-order valence-electron chi connectivity index (χ4n) is 3.27. The summed E-state index contributed by atoms with van der Waals surface area (Å²) in [5.41, 5.74) is 4.16. The van der Waals surface area contributed by atoms with Crippen LogP contribution < -0.4 is 5.56 Å². The molecule has 0 radical (unpaired) electrons. The molecule has 28 heavy (non-hydrogen) atoms. The summed E-state index contributed by atoms with van der Waals surface area (Å²) in [6, 6.07) is 9.36. The number of nitrogens with zero attached hydrogens (tertiary/aromatic N) is 3. The van der Waals surface area contributed by atoms with E-state index in [-0.39, 0.29) is 11.3 Å². The number of hydrogen-bond acceptors (Lipinski definition) is 6. The number of H-pyrrole nitrogens is 1. The van der Waals surface area contributed by atoms with Crippen molar-refractivity contribution in [1.29, 1.82) is 0 Å². The van der Waals surface area contributed by atoms with E-state index >= 15 is 0 Å². The first-order chi connectivity index (χ1) is 13.4. The van der Waals surface area contributed by atoms with E-state index in [1.807, 2.05) is 30.3 Å². The number of methoxy groups -OCH3 is 1. The molecule has 8 nitrogen and oxygen atoms in total. The highest BCUT2D eigenvalue weighted by Crippen LogP contribution is 2.28. The Morgan fingerprint density at radius 1 is 1.14 bits per heavy atom. The number of carbonyl (C=O) groups is 1. The molecule has 0 spiro atoms. The summed E-state index contributed by atoms with van der Waals surface area (Å²) < 4.78 is 11.4. The van der Waals surface area contributed by atoms with Crippen LogP contribution >= 0.6 is 0 Å². The van der Waals surface area contributed by atoms with Crippen molar-refractivity contribution >= 4 is 17.0 Å². The van der Waals surface area contributed by atoms with Crippen LogP contribution in [-0.2, 0) is 11.8 Å². The minimum absolute atomic E-state index is 0.177. The van der Waals surface area contributed by atoms with Gasteiger partial charge in [-0.2, -0.15) is 4.74 Å². The fourth-order valence-corrected chi connectivity index (χ4v) is 3.27. The monoisotopic (exact) mass is 378 g/mol. The number of carbonyl (C=O) groups excluding carboxylic acids is 1. The second kappa shape index (κ2) is 6.49. The average molecular weight is 378 g/mol. The van der Waals surface area contributed by atoms with Crippen molar-refractivity contribution in [2.24, 2.45) is 7.05 Å². The van der Waals surface area contributed by atoms with E-state index in [2.05, 4.69) is 15.0 Å². The summed E-state index contributed by atoms with van der Waals surface area (Å²) in [6.07, 6.45) is 0. The molecule has 1 aromatic carbocycles. The van der Waals surface area contributed by atoms with Crippen molar-refractivity contribution in [3.05, 3.63) is 58.0 Å². The molecule has 3 heterocycles. The van der Waals surface area contributed by atoms with E-state index in [0.717, 1.165) is 16.8 Å². The normalized spacial score (nSPS) is 11.1. The SMILES string of the molecule is COC(=O)c1nc(C)nc2cc(-c3ccc(-c4c(C)on(C)c4=O)cc3)[nH]c12. The molecule has 0 unspecified atom stereocenters. The molecule has 3 aromatic heterocycles. The van der Waals surface area contributed by atoms with Gasteiger partial charge in [-0.05, 0) is 31.0 Å². The van der Waals surface area contributed by atoms with Crippen molar-refractivity contribution < 1.29 is 14.1 Å². The average Bonchev–Trinajstić information content (AvgIpc) is 3.21. The highest BCUT2D eigenvalue weighted by molar-refractivity contribution is 6.01. The molecule has 0 aliphatic heterocycles. The van der Waals surface area contributed by atoms with Crippen molar-refractivity contribution in [2.45, 2.75) is 13.8 Å². The zero-order valence-corrected chi connectivity index (χ0v) is 15.9. The zero-order chi connectivity index (χ0) is 20.0. The van der Waals surface area contributed by atoms with Crippen LogP contribution in [0.5, 0.6) is 0 Å². The van der Waals surface area contributed by atoms with Gasteiger partial charge in [-0.15, -0.1) is 0 Å². The van der Waals surface area contributed by atoms with E-state index in [1.165, 1.54) is 11.8 Å². The highest BCUT2D eigenvalue weighted by Gasteiger charge is 2.18. The number of aryl methyl sites for hydroxylation is 3. The molecule has 0 aliphatic rings. The molecule has 0 amide bonds. The van der Waals surface area contributed by atoms with Crippen LogP contribution in [0.25, 0.3) is 33.4 Å². The molecular formula is C20H18N4O4. The highest BCUT2D eigenvalue weighted by atomic mass is 16.5. The molecule has 4 rings (SSSR count). The molecule has 4 aromatic rings. The first kappa shape index (κ1) is 17.7. The number of rotatable bonds is 3. The number of esters is 1. The summed E-state index contributed by atoms with van der Waals surface area (Å²) in [5.74, 6) is 0.532. The standard InChI is InChI=1S/C20H18N4O4/c1-10-16(19(25)24(3)28-10)13-7-5-12(6-8-13)14-9-15-17(23-14)18(20(26)27-4)22-11(2)21-15/h5-9,23H,1-4H3. The van der Waals surface area contributed by atoms with Crippen LogP contribution in [0.15, 0.2) is 39.6 Å². The molecule has 8 heteroatoms. The van der Waals surface area contributed by atoms with Gasteiger partial charge in [0.25, 0.3) is 5.56 Å². The van der Waals surface area contributed by atoms with Gasteiger partial charge in [-0.1, -0.05) is 24.3 Å². The number of nitrogens with one attached hydrogen (secondary N) is 1. The molecule has 1 N–H and O–H groups in total. The predicted octanol–water partition coefficient (Wildman–Crippen LogP) is 2.99. The lowest BCUT2D eigenvalue weighted by molar-refractivity contribution is 0.0596. The van der Waals surface area contributed by atoms with Crippen LogP contribution in [0.1, 0.15) is 22.1 Å². The number of aromatic amines is 1. The van der Waals surface area contributed by atoms with Gasteiger partial charge in [0, 0.05) is 12.7 Å². The summed E-state index contributed by atoms with van der Waals surface area (Å²) >= 11 is 0. The Morgan fingerprint density at radius 2 is 1.82 bits per heavy atom. The minimum atomic E-state index is -0.523. The number of aromatic nitrogens is 4. The third-order valence-corrected chi connectivity index (χ3v) is 4.58. The summed E-state index contributed by atoms with van der Waals surface area (Å²) in [4.78, 5) is 36.0. The Morgan fingerprint density at radius 3 is 2.43 bits per heavy atom. The van der Waals surface area contributed by atoms with Gasteiger partial charge in [-0.3, -0.25) is 4.79 Å². The lowest BCUT2D eigenvalue weighted by Gasteiger charge is -2.02. The molecule has 0 atom stereocenters. The van der Waals surface area contributed by atoms with E-state index in [4.69, 9.17) is 9.26 Å². The Labute approximate surface area is 159 Å². The lowest BCUT2D eigenvalue weighted by atomic mass is 10.0. The molecule has 0 aliphatic carbocycles. The molecular weight excluding hydrogens is 360 g/mol. The Balaban J connectivity index is 1.79. The smallest absolute Gasteiger partial charge is 0.358 e. The maximum Gasteiger partial charge on any atom is 0.358 e. The Kier molecular flexibility index (Phi) is 4.11. The van der Waals surface area contributed by atoms with Gasteiger partial charge < -0.3 is 14.2 Å². The molecule has 142 valence electrons. The van der Waals surface area contributed by atoms with Gasteiger partial charge in [-0.25, -0.2) is 14.8 Å². The van der Waals surface area contributed by atoms with Gasteiger partial charge in [0.2, 0.25) is 0 Å².